The van der Waals surface area contributed by atoms with E-state index in [1.165, 1.54) is 124 Å². The topological polar surface area (TPSA) is 68.4 Å². The van der Waals surface area contributed by atoms with Crippen molar-refractivity contribution in [1.29, 1.82) is 0 Å². The molecule has 5 nitrogen and oxygen atoms in total. The van der Waals surface area contributed by atoms with Crippen LogP contribution in [0, 0.1) is 0 Å². The van der Waals surface area contributed by atoms with Crippen LogP contribution in [-0.4, -0.2) is 35.7 Å². The summed E-state index contributed by atoms with van der Waals surface area (Å²) in [4.78, 5) is 12.2. The van der Waals surface area contributed by atoms with E-state index >= 15 is 0 Å². The van der Waals surface area contributed by atoms with Crippen LogP contribution in [0.2, 0.25) is 0 Å². The summed E-state index contributed by atoms with van der Waals surface area (Å²) in [5, 5.41) is 21.8. The normalized spacial score (nSPS) is 11.6. The van der Waals surface area contributed by atoms with Gasteiger partial charge in [0, 0.05) is 52.6 Å². The van der Waals surface area contributed by atoms with Crippen molar-refractivity contribution in [2.24, 2.45) is 9.98 Å². The zero-order valence-corrected chi connectivity index (χ0v) is 41.1. The number of fused-ring (bicyclic) bond motifs is 1. The molecule has 0 heterocycles. The maximum Gasteiger partial charge on any atom is 0.165 e. The molecule has 62 heavy (non-hydrogen) atoms. The van der Waals surface area contributed by atoms with Crippen LogP contribution in [0.5, 0.6) is 11.5 Å². The van der Waals surface area contributed by atoms with Gasteiger partial charge < -0.3 is 15.1 Å². The molecule has 0 amide bonds. The van der Waals surface area contributed by atoms with Gasteiger partial charge in [0.15, 0.2) is 11.5 Å². The van der Waals surface area contributed by atoms with Crippen molar-refractivity contribution in [3.05, 3.63) is 101 Å². The first kappa shape index (κ1) is 54.2. The van der Waals surface area contributed by atoms with E-state index in [0.29, 0.717) is 0 Å². The number of aryl methyl sites for hydroxylation is 5. The average molecular weight is 889 g/mol. The molecule has 4 aromatic carbocycles. The summed E-state index contributed by atoms with van der Waals surface area (Å²) in [5.41, 5.74) is 11.2. The van der Waals surface area contributed by atoms with E-state index in [0.717, 1.165) is 78.6 Å². The molecular weight excluding hydrogens is 805 g/mol. The molecule has 344 valence electrons. The standard InChI is InChI=1S/C39H60N2.C17H23NO2.Ni/c1-6-11-16-17-18-19-20-25-39(41-38-29-27-34(22-13-8-3)36(31-38)24-15-10-5)32-40-37-28-26-33(21-12-7-2)35(30-37)23-14-9-4;1-4-6-8-12-9-7-10-13-16(12)14(18(3)5-2)11-15(19)17(13)20;/h20,25-32H,6-19,21-24H2,1-5H3;7,9-11,19-20H,4-6,8H2,1-3H3;. The van der Waals surface area contributed by atoms with Crippen molar-refractivity contribution in [1.82, 2.24) is 0 Å². The van der Waals surface area contributed by atoms with Crippen LogP contribution in [-0.2, 0) is 48.6 Å². The van der Waals surface area contributed by atoms with Gasteiger partial charge in [-0.05, 0) is 142 Å². The Hall–Kier alpha value is -3.89. The second kappa shape index (κ2) is 31.9. The Balaban J connectivity index is 0.000000525. The molecular formula is C56H83N3NiO2. The van der Waals surface area contributed by atoms with Gasteiger partial charge in [-0.25, -0.2) is 4.99 Å². The van der Waals surface area contributed by atoms with Crippen molar-refractivity contribution in [3.8, 4) is 11.5 Å². The minimum absolute atomic E-state index is 0. The van der Waals surface area contributed by atoms with E-state index in [-0.39, 0.29) is 28.0 Å². The predicted molar refractivity (Wildman–Crippen MR) is 270 cm³/mol. The van der Waals surface area contributed by atoms with Crippen LogP contribution < -0.4 is 4.90 Å². The number of hydrogen-bond donors (Lipinski definition) is 2. The van der Waals surface area contributed by atoms with Crippen LogP contribution in [0.4, 0.5) is 17.1 Å². The van der Waals surface area contributed by atoms with Crippen LogP contribution in [0.3, 0.4) is 0 Å². The minimum atomic E-state index is -0.0551. The predicted octanol–water partition coefficient (Wildman–Crippen LogP) is 16.5. The Morgan fingerprint density at radius 2 is 1.08 bits per heavy atom. The van der Waals surface area contributed by atoms with Crippen molar-refractivity contribution in [2.45, 2.75) is 183 Å². The molecule has 0 fully saturated rings. The Morgan fingerprint density at radius 1 is 0.565 bits per heavy atom. The van der Waals surface area contributed by atoms with Crippen molar-refractivity contribution < 1.29 is 26.7 Å². The summed E-state index contributed by atoms with van der Waals surface area (Å²) < 4.78 is 0. The maximum absolute atomic E-state index is 10.1. The van der Waals surface area contributed by atoms with E-state index in [2.05, 4.69) is 108 Å². The summed E-state index contributed by atoms with van der Waals surface area (Å²) in [5.74, 6) is -0.0768. The molecule has 0 bridgehead atoms. The molecule has 0 saturated carbocycles. The van der Waals surface area contributed by atoms with E-state index in [9.17, 15) is 10.2 Å². The van der Waals surface area contributed by atoms with E-state index in [1.54, 1.807) is 6.07 Å². The van der Waals surface area contributed by atoms with Crippen LogP contribution in [0.15, 0.2) is 82.8 Å². The molecule has 0 aliphatic rings. The molecule has 4 rings (SSSR count). The molecule has 0 saturated heterocycles. The first-order valence-corrected chi connectivity index (χ1v) is 24.4. The smallest absolute Gasteiger partial charge is 0.165 e. The second-order valence-electron chi connectivity index (χ2n) is 16.9. The Morgan fingerprint density at radius 3 is 1.65 bits per heavy atom. The molecule has 0 aliphatic carbocycles. The molecule has 0 radical (unpaired) electrons. The van der Waals surface area contributed by atoms with Gasteiger partial charge in [-0.3, -0.25) is 4.99 Å². The first-order chi connectivity index (χ1) is 29.7. The minimum Gasteiger partial charge on any atom is -0.504 e. The quantitative estimate of drug-likeness (QED) is 0.0271. The Labute approximate surface area is 388 Å². The molecule has 0 spiro atoms. The third-order valence-electron chi connectivity index (χ3n) is 11.8. The van der Waals surface area contributed by atoms with Gasteiger partial charge in [0.25, 0.3) is 0 Å². The molecule has 0 atom stereocenters. The number of rotatable bonds is 27. The fourth-order valence-corrected chi connectivity index (χ4v) is 7.82. The number of nitrogens with zero attached hydrogens (tertiary/aromatic N) is 3. The van der Waals surface area contributed by atoms with Gasteiger partial charge in [0.05, 0.1) is 23.3 Å². The molecule has 4 aromatic rings. The molecule has 6 heteroatoms. The SMILES string of the molecule is CCCCCCCC=CC(C=Nc1ccc(CCCC)c(CCCC)c1)=Nc1ccc(CCCC)c(CCCC)c1.CCCCc1cccc2c(O)c(O)cc(N(C)CC)c12.[Ni]. The summed E-state index contributed by atoms with van der Waals surface area (Å²) in [6.45, 7) is 16.5. The monoisotopic (exact) mass is 888 g/mol. The molecule has 0 aliphatic heterocycles. The largest absolute Gasteiger partial charge is 0.504 e. The van der Waals surface area contributed by atoms with E-state index in [1.807, 2.05) is 25.4 Å². The zero-order chi connectivity index (χ0) is 44.2. The van der Waals surface area contributed by atoms with Crippen LogP contribution in [0.1, 0.15) is 179 Å². The number of aromatic hydroxyl groups is 2. The van der Waals surface area contributed by atoms with Crippen molar-refractivity contribution in [3.63, 3.8) is 0 Å². The van der Waals surface area contributed by atoms with E-state index in [4.69, 9.17) is 9.98 Å². The maximum atomic E-state index is 10.1. The van der Waals surface area contributed by atoms with Gasteiger partial charge in [0.2, 0.25) is 0 Å². The number of phenolic OH excluding ortho intramolecular Hbond substituents is 2. The van der Waals surface area contributed by atoms with Crippen LogP contribution >= 0.6 is 0 Å². The van der Waals surface area contributed by atoms with E-state index < -0.39 is 0 Å². The van der Waals surface area contributed by atoms with Crippen molar-refractivity contribution >= 4 is 39.8 Å². The zero-order valence-electron chi connectivity index (χ0n) is 40.1. The van der Waals surface area contributed by atoms with Gasteiger partial charge in [-0.1, -0.05) is 136 Å². The number of benzene rings is 4. The van der Waals surface area contributed by atoms with Gasteiger partial charge in [0.1, 0.15) is 0 Å². The number of allylic oxidation sites excluding steroid dienone is 2. The third-order valence-corrected chi connectivity index (χ3v) is 11.8. The summed E-state index contributed by atoms with van der Waals surface area (Å²) >= 11 is 0. The van der Waals surface area contributed by atoms with Gasteiger partial charge in [-0.15, -0.1) is 0 Å². The van der Waals surface area contributed by atoms with Gasteiger partial charge >= 0.3 is 0 Å². The van der Waals surface area contributed by atoms with Gasteiger partial charge in [-0.2, -0.15) is 0 Å². The van der Waals surface area contributed by atoms with Crippen LogP contribution in [0.25, 0.3) is 10.8 Å². The summed E-state index contributed by atoms with van der Waals surface area (Å²) in [7, 11) is 2.00. The first-order valence-electron chi connectivity index (χ1n) is 24.4. The number of anilines is 1. The fourth-order valence-electron chi connectivity index (χ4n) is 7.82. The number of phenols is 2. The average Bonchev–Trinajstić information content (AvgIpc) is 3.28. The number of unbranched alkanes of at least 4 members (excludes halogenated alkanes) is 10. The fraction of sp³-hybridized carbons (Fsp3) is 0.536. The second-order valence-corrected chi connectivity index (χ2v) is 16.9. The Bertz CT molecular complexity index is 1950. The third kappa shape index (κ3) is 18.5. The molecule has 0 unspecified atom stereocenters. The number of aliphatic imine (C=N–C) groups is 2. The molecule has 0 aromatic heterocycles. The molecule has 2 N–H and O–H groups in total. The van der Waals surface area contributed by atoms with Crippen molar-refractivity contribution in [2.75, 3.05) is 18.5 Å². The Kier molecular flexibility index (Phi) is 27.9. The summed E-state index contributed by atoms with van der Waals surface area (Å²) in [6, 6.07) is 21.3. The number of hydrogen-bond acceptors (Lipinski definition) is 5. The summed E-state index contributed by atoms with van der Waals surface area (Å²) in [6.07, 6.45) is 31.8.